The molecule has 1 aliphatic rings. The standard InChI is InChI=1S/C40H44O5/c1-25(2)20-38-35(31-15-13-30(14-16-31)29-10-8-7-9-11-29)23-34(26(3)4)40(45-38)36-22-33(18-19-37(36)43-24-39(41)42)44-32-17-12-27(5)28(6)21-32/h7-19,21-22,25,34-35,38,40H,3,20,23-24H2,1-2,4-6H3,(H,41,42)/t34-,35-,38+,40+/m0/s1. The molecular formula is C40H44O5. The maximum Gasteiger partial charge on any atom is 0.341 e. The van der Waals surface area contributed by atoms with Crippen LogP contribution in [-0.4, -0.2) is 23.8 Å². The summed E-state index contributed by atoms with van der Waals surface area (Å²) in [5.74, 6) is 1.40. The first-order chi connectivity index (χ1) is 21.6. The summed E-state index contributed by atoms with van der Waals surface area (Å²) in [5, 5.41) is 9.41. The van der Waals surface area contributed by atoms with Crippen LogP contribution in [0.5, 0.6) is 17.2 Å². The Labute approximate surface area is 267 Å². The molecule has 5 nitrogen and oxygen atoms in total. The number of hydrogen-bond acceptors (Lipinski definition) is 4. The zero-order valence-electron chi connectivity index (χ0n) is 27.0. The second-order valence-electron chi connectivity index (χ2n) is 12.7. The van der Waals surface area contributed by atoms with Gasteiger partial charge >= 0.3 is 5.97 Å². The molecule has 1 N–H and O–H groups in total. The Hall–Kier alpha value is -4.35. The van der Waals surface area contributed by atoms with Gasteiger partial charge in [0.1, 0.15) is 17.2 Å². The van der Waals surface area contributed by atoms with Crippen LogP contribution in [0.4, 0.5) is 0 Å². The third kappa shape index (κ3) is 7.84. The van der Waals surface area contributed by atoms with Gasteiger partial charge < -0.3 is 19.3 Å². The molecular weight excluding hydrogens is 560 g/mol. The summed E-state index contributed by atoms with van der Waals surface area (Å²) < 4.78 is 19.2. The molecule has 1 saturated heterocycles. The Morgan fingerprint density at radius 3 is 2.22 bits per heavy atom. The van der Waals surface area contributed by atoms with Gasteiger partial charge in [0.25, 0.3) is 0 Å². The van der Waals surface area contributed by atoms with Crippen LogP contribution in [0.25, 0.3) is 11.1 Å². The van der Waals surface area contributed by atoms with E-state index in [1.54, 1.807) is 6.07 Å². The van der Waals surface area contributed by atoms with Crippen molar-refractivity contribution >= 4 is 5.97 Å². The van der Waals surface area contributed by atoms with Crippen molar-refractivity contribution in [2.24, 2.45) is 11.8 Å². The van der Waals surface area contributed by atoms with Gasteiger partial charge in [0.2, 0.25) is 0 Å². The fourth-order valence-corrected chi connectivity index (χ4v) is 6.26. The van der Waals surface area contributed by atoms with Crippen molar-refractivity contribution in [3.63, 3.8) is 0 Å². The van der Waals surface area contributed by atoms with Crippen LogP contribution in [0.3, 0.4) is 0 Å². The molecule has 4 aromatic carbocycles. The molecule has 45 heavy (non-hydrogen) atoms. The average molecular weight is 605 g/mol. The molecule has 0 aromatic heterocycles. The Bertz CT molecular complexity index is 1620. The molecule has 5 rings (SSSR count). The Morgan fingerprint density at radius 2 is 1.58 bits per heavy atom. The second-order valence-corrected chi connectivity index (χ2v) is 12.7. The first-order valence-corrected chi connectivity index (χ1v) is 15.8. The molecule has 0 bridgehead atoms. The number of carboxylic acid groups (broad SMARTS) is 1. The Balaban J connectivity index is 1.50. The van der Waals surface area contributed by atoms with Gasteiger partial charge in [-0.15, -0.1) is 0 Å². The van der Waals surface area contributed by atoms with Crippen LogP contribution >= 0.6 is 0 Å². The fraction of sp³-hybridized carbons (Fsp3) is 0.325. The van der Waals surface area contributed by atoms with Gasteiger partial charge in [0.05, 0.1) is 12.2 Å². The van der Waals surface area contributed by atoms with Crippen LogP contribution in [0.2, 0.25) is 0 Å². The van der Waals surface area contributed by atoms with E-state index in [-0.39, 0.29) is 24.0 Å². The zero-order chi connectivity index (χ0) is 32.1. The maximum absolute atomic E-state index is 11.5. The van der Waals surface area contributed by atoms with Crippen LogP contribution in [0.15, 0.2) is 103 Å². The van der Waals surface area contributed by atoms with Gasteiger partial charge in [-0.2, -0.15) is 0 Å². The topological polar surface area (TPSA) is 65.0 Å². The van der Waals surface area contributed by atoms with Crippen molar-refractivity contribution in [2.45, 2.75) is 65.6 Å². The summed E-state index contributed by atoms with van der Waals surface area (Å²) in [6.07, 6.45) is 1.31. The number of ether oxygens (including phenoxy) is 3. The highest BCUT2D eigenvalue weighted by Crippen LogP contribution is 2.50. The van der Waals surface area contributed by atoms with Crippen LogP contribution in [0.1, 0.15) is 67.9 Å². The Kier molecular flexibility index (Phi) is 10.1. The van der Waals surface area contributed by atoms with Gasteiger partial charge in [-0.25, -0.2) is 4.79 Å². The number of carboxylic acids is 1. The summed E-state index contributed by atoms with van der Waals surface area (Å²) in [7, 11) is 0. The fourth-order valence-electron chi connectivity index (χ4n) is 6.26. The smallest absolute Gasteiger partial charge is 0.341 e. The van der Waals surface area contributed by atoms with Crippen molar-refractivity contribution in [3.05, 3.63) is 125 Å². The molecule has 4 atom stereocenters. The maximum atomic E-state index is 11.5. The molecule has 0 unspecified atom stereocenters. The van der Waals surface area contributed by atoms with Crippen molar-refractivity contribution < 1.29 is 24.1 Å². The van der Waals surface area contributed by atoms with Gasteiger partial charge in [0.15, 0.2) is 6.61 Å². The lowest BCUT2D eigenvalue weighted by Crippen LogP contribution is -2.37. The van der Waals surface area contributed by atoms with E-state index in [9.17, 15) is 9.90 Å². The van der Waals surface area contributed by atoms with Crippen LogP contribution in [-0.2, 0) is 9.53 Å². The highest BCUT2D eigenvalue weighted by atomic mass is 16.5. The lowest BCUT2D eigenvalue weighted by molar-refractivity contribution is -0.139. The number of hydrogen-bond donors (Lipinski definition) is 1. The monoisotopic (exact) mass is 604 g/mol. The van der Waals surface area contributed by atoms with Crippen molar-refractivity contribution in [2.75, 3.05) is 6.61 Å². The van der Waals surface area contributed by atoms with E-state index < -0.39 is 12.6 Å². The number of aryl methyl sites for hydroxylation is 2. The summed E-state index contributed by atoms with van der Waals surface area (Å²) in [6.45, 7) is 14.6. The molecule has 1 fully saturated rings. The van der Waals surface area contributed by atoms with Gasteiger partial charge in [-0.1, -0.05) is 86.7 Å². The van der Waals surface area contributed by atoms with E-state index >= 15 is 0 Å². The van der Waals surface area contributed by atoms with Gasteiger partial charge in [-0.05, 0) is 97.7 Å². The van der Waals surface area contributed by atoms with Crippen molar-refractivity contribution in [1.29, 1.82) is 0 Å². The van der Waals surface area contributed by atoms with Crippen LogP contribution in [0, 0.1) is 25.7 Å². The minimum atomic E-state index is -1.03. The number of benzene rings is 4. The molecule has 0 aliphatic carbocycles. The molecule has 234 valence electrons. The van der Waals surface area contributed by atoms with E-state index in [0.29, 0.717) is 17.4 Å². The first kappa shape index (κ1) is 32.1. The second kappa shape index (κ2) is 14.2. The number of carbonyl (C=O) groups is 1. The van der Waals surface area contributed by atoms with Gasteiger partial charge in [-0.3, -0.25) is 0 Å². The Morgan fingerprint density at radius 1 is 0.911 bits per heavy atom. The SMILES string of the molecule is C=C(C)[C@@H]1C[C@@H](c2ccc(-c3ccccc3)cc2)[C@@H](CC(C)C)O[C@H]1c1cc(Oc2ccc(C)c(C)c2)ccc1OCC(=O)O. The van der Waals surface area contributed by atoms with E-state index in [1.807, 2.05) is 43.3 Å². The highest BCUT2D eigenvalue weighted by molar-refractivity contribution is 5.68. The summed E-state index contributed by atoms with van der Waals surface area (Å²) in [4.78, 5) is 11.5. The minimum absolute atomic E-state index is 0.0174. The molecule has 0 spiro atoms. The molecule has 1 aliphatic heterocycles. The van der Waals surface area contributed by atoms with Crippen LogP contribution < -0.4 is 9.47 Å². The highest BCUT2D eigenvalue weighted by Gasteiger charge is 2.41. The predicted molar refractivity (Wildman–Crippen MR) is 180 cm³/mol. The number of rotatable bonds is 11. The average Bonchev–Trinajstić information content (AvgIpc) is 3.02. The summed E-state index contributed by atoms with van der Waals surface area (Å²) in [5.41, 5.74) is 7.76. The van der Waals surface area contributed by atoms with E-state index in [0.717, 1.165) is 35.3 Å². The van der Waals surface area contributed by atoms with Gasteiger partial charge in [0, 0.05) is 17.4 Å². The lowest BCUT2D eigenvalue weighted by Gasteiger charge is -2.43. The number of aliphatic carboxylic acids is 1. The van der Waals surface area contributed by atoms with Crippen molar-refractivity contribution in [1.82, 2.24) is 0 Å². The molecule has 0 radical (unpaired) electrons. The minimum Gasteiger partial charge on any atom is -0.482 e. The normalized spacial score (nSPS) is 19.7. The quantitative estimate of drug-likeness (QED) is 0.173. The third-order valence-corrected chi connectivity index (χ3v) is 8.78. The largest absolute Gasteiger partial charge is 0.482 e. The van der Waals surface area contributed by atoms with E-state index in [4.69, 9.17) is 14.2 Å². The van der Waals surface area contributed by atoms with Crippen molar-refractivity contribution in [3.8, 4) is 28.4 Å². The molecule has 0 saturated carbocycles. The third-order valence-electron chi connectivity index (χ3n) is 8.78. The van der Waals surface area contributed by atoms with E-state index in [2.05, 4.69) is 82.8 Å². The molecule has 1 heterocycles. The lowest BCUT2D eigenvalue weighted by atomic mass is 9.74. The predicted octanol–water partition coefficient (Wildman–Crippen LogP) is 10.1. The molecule has 4 aromatic rings. The molecule has 5 heteroatoms. The molecule has 0 amide bonds. The zero-order valence-corrected chi connectivity index (χ0v) is 27.0. The van der Waals surface area contributed by atoms with E-state index in [1.165, 1.54) is 22.3 Å². The summed E-state index contributed by atoms with van der Waals surface area (Å²) >= 11 is 0. The first-order valence-electron chi connectivity index (χ1n) is 15.8. The summed E-state index contributed by atoms with van der Waals surface area (Å²) in [6, 6.07) is 30.8.